The van der Waals surface area contributed by atoms with Crippen LogP contribution >= 0.6 is 0 Å². The van der Waals surface area contributed by atoms with Gasteiger partial charge in [-0.3, -0.25) is 24.0 Å². The van der Waals surface area contributed by atoms with Crippen molar-refractivity contribution in [2.75, 3.05) is 26.2 Å². The van der Waals surface area contributed by atoms with Gasteiger partial charge in [0, 0.05) is 12.5 Å². The van der Waals surface area contributed by atoms with E-state index < -0.39 is 60.1 Å². The number of carboxylic acids is 1. The van der Waals surface area contributed by atoms with Gasteiger partial charge in [0.05, 0.1) is 6.54 Å². The minimum Gasteiger partial charge on any atom is -0.480 e. The first-order valence-electron chi connectivity index (χ1n) is 10.2. The van der Waals surface area contributed by atoms with Gasteiger partial charge in [-0.2, -0.15) is 0 Å². The topological polar surface area (TPSA) is 190 Å². The second kappa shape index (κ2) is 9.52. The second-order valence-corrected chi connectivity index (χ2v) is 8.01. The molecule has 30 heavy (non-hydrogen) atoms. The third-order valence-electron chi connectivity index (χ3n) is 6.34. The molecule has 0 spiro atoms. The molecule has 2 rings (SSSR count). The largest absolute Gasteiger partial charge is 0.480 e. The molecule has 1 saturated heterocycles. The van der Waals surface area contributed by atoms with Gasteiger partial charge in [0.2, 0.25) is 11.4 Å². The van der Waals surface area contributed by atoms with E-state index in [-0.39, 0.29) is 13.0 Å². The van der Waals surface area contributed by atoms with Crippen molar-refractivity contribution < 1.29 is 29.1 Å². The van der Waals surface area contributed by atoms with Crippen LogP contribution in [0.25, 0.3) is 0 Å². The van der Waals surface area contributed by atoms with E-state index in [9.17, 15) is 24.0 Å². The van der Waals surface area contributed by atoms with Gasteiger partial charge in [0.25, 0.3) is 11.8 Å². The van der Waals surface area contributed by atoms with Crippen molar-refractivity contribution >= 4 is 29.5 Å². The SMILES string of the molecule is CC[C@]1(C(N)=O)C(=O)N(CC(=O)O)CC(C(=O)CN)N1C(=O)C1CCC(CN)CC1. The number of nitrogens with zero attached hydrogens (tertiary/aromatic N) is 2. The molecule has 11 heteroatoms. The van der Waals surface area contributed by atoms with Crippen molar-refractivity contribution in [1.82, 2.24) is 9.80 Å². The minimum atomic E-state index is -2.13. The third kappa shape index (κ3) is 4.17. The number of aliphatic carboxylic acids is 1. The van der Waals surface area contributed by atoms with E-state index >= 15 is 0 Å². The number of Topliss-reactive ketones (excluding diaryl/α,β-unsaturated/α-hetero) is 1. The smallest absolute Gasteiger partial charge is 0.323 e. The summed E-state index contributed by atoms with van der Waals surface area (Å²) in [6, 6.07) is -1.24. The van der Waals surface area contributed by atoms with Crippen molar-refractivity contribution in [3.8, 4) is 0 Å². The van der Waals surface area contributed by atoms with Gasteiger partial charge in [-0.05, 0) is 44.6 Å². The molecule has 1 unspecified atom stereocenters. The Labute approximate surface area is 174 Å². The first-order chi connectivity index (χ1) is 14.1. The molecule has 0 bridgehead atoms. The lowest BCUT2D eigenvalue weighted by atomic mass is 9.78. The van der Waals surface area contributed by atoms with Crippen molar-refractivity contribution in [2.24, 2.45) is 29.0 Å². The van der Waals surface area contributed by atoms with Crippen molar-refractivity contribution in [2.45, 2.75) is 50.6 Å². The summed E-state index contributed by atoms with van der Waals surface area (Å²) < 4.78 is 0. The fraction of sp³-hybridized carbons (Fsp3) is 0.737. The van der Waals surface area contributed by atoms with Crippen molar-refractivity contribution in [1.29, 1.82) is 0 Å². The first kappa shape index (κ1) is 23.7. The molecule has 0 aromatic rings. The zero-order valence-electron chi connectivity index (χ0n) is 17.2. The van der Waals surface area contributed by atoms with Crippen LogP contribution in [0.1, 0.15) is 39.0 Å². The zero-order chi connectivity index (χ0) is 22.6. The number of nitrogens with two attached hydrogens (primary N) is 3. The predicted molar refractivity (Wildman–Crippen MR) is 106 cm³/mol. The minimum absolute atomic E-state index is 0.185. The molecule has 11 nitrogen and oxygen atoms in total. The Bertz CT molecular complexity index is 720. The summed E-state index contributed by atoms with van der Waals surface area (Å²) in [4.78, 5) is 65.1. The van der Waals surface area contributed by atoms with Gasteiger partial charge in [-0.25, -0.2) is 0 Å². The summed E-state index contributed by atoms with van der Waals surface area (Å²) in [6.45, 7) is 0.526. The lowest BCUT2D eigenvalue weighted by molar-refractivity contribution is -0.177. The van der Waals surface area contributed by atoms with Crippen LogP contribution in [0.5, 0.6) is 0 Å². The van der Waals surface area contributed by atoms with Crippen LogP contribution < -0.4 is 17.2 Å². The maximum absolute atomic E-state index is 13.5. The number of carbonyl (C=O) groups is 5. The average Bonchev–Trinajstić information content (AvgIpc) is 2.73. The first-order valence-corrected chi connectivity index (χ1v) is 10.2. The van der Waals surface area contributed by atoms with Crippen molar-refractivity contribution in [3.05, 3.63) is 0 Å². The van der Waals surface area contributed by atoms with Gasteiger partial charge in [0.1, 0.15) is 12.6 Å². The number of ketones is 1. The average molecular weight is 425 g/mol. The number of amides is 3. The van der Waals surface area contributed by atoms with Crippen LogP contribution in [0.3, 0.4) is 0 Å². The predicted octanol–water partition coefficient (Wildman–Crippen LogP) is -1.96. The second-order valence-electron chi connectivity index (χ2n) is 8.01. The fourth-order valence-electron chi connectivity index (χ4n) is 4.59. The third-order valence-corrected chi connectivity index (χ3v) is 6.34. The molecule has 2 atom stereocenters. The van der Waals surface area contributed by atoms with Crippen LogP contribution in [0.2, 0.25) is 0 Å². The molecule has 0 aromatic heterocycles. The van der Waals surface area contributed by atoms with E-state index in [1.54, 1.807) is 0 Å². The van der Waals surface area contributed by atoms with Gasteiger partial charge < -0.3 is 32.1 Å². The molecule has 1 heterocycles. The highest BCUT2D eigenvalue weighted by atomic mass is 16.4. The van der Waals surface area contributed by atoms with Crippen LogP contribution in [-0.4, -0.2) is 82.1 Å². The summed E-state index contributed by atoms with van der Waals surface area (Å²) in [5.74, 6) is -4.53. The van der Waals surface area contributed by atoms with Gasteiger partial charge in [-0.1, -0.05) is 6.92 Å². The number of hydrogen-bond donors (Lipinski definition) is 4. The van der Waals surface area contributed by atoms with Gasteiger partial charge >= 0.3 is 5.97 Å². The summed E-state index contributed by atoms with van der Waals surface area (Å²) in [7, 11) is 0. The Hall–Kier alpha value is -2.53. The number of rotatable bonds is 8. The van der Waals surface area contributed by atoms with Crippen molar-refractivity contribution in [3.63, 3.8) is 0 Å². The Balaban J connectivity index is 2.51. The monoisotopic (exact) mass is 425 g/mol. The molecule has 168 valence electrons. The molecule has 1 aliphatic heterocycles. The van der Waals surface area contributed by atoms with E-state index in [0.29, 0.717) is 25.3 Å². The van der Waals surface area contributed by atoms with E-state index in [1.165, 1.54) is 6.92 Å². The molecule has 1 aliphatic carbocycles. The highest BCUT2D eigenvalue weighted by Crippen LogP contribution is 2.36. The molecule has 2 aliphatic rings. The standard InChI is InChI=1S/C19H31N5O6/c1-2-19(17(22)29)18(30)23(10-15(26)27)9-13(14(25)8-21)24(19)16(28)12-5-3-11(7-20)4-6-12/h11-13H,2-10,20-21H2,1H3,(H2,22,29)(H,26,27)/t11?,12?,13?,19-/m0/s1. The quantitative estimate of drug-likeness (QED) is 0.322. The molecule has 2 fully saturated rings. The molecular formula is C19H31N5O6. The molecular weight excluding hydrogens is 394 g/mol. The lowest BCUT2D eigenvalue weighted by Crippen LogP contribution is -2.77. The summed E-state index contributed by atoms with van der Waals surface area (Å²) >= 11 is 0. The normalized spacial score (nSPS) is 29.6. The van der Waals surface area contributed by atoms with Gasteiger partial charge in [-0.15, -0.1) is 0 Å². The van der Waals surface area contributed by atoms with E-state index in [2.05, 4.69) is 0 Å². The number of hydrogen-bond acceptors (Lipinski definition) is 7. The fourth-order valence-corrected chi connectivity index (χ4v) is 4.59. The van der Waals surface area contributed by atoms with E-state index in [0.717, 1.165) is 22.6 Å². The Morgan fingerprint density at radius 2 is 1.73 bits per heavy atom. The highest BCUT2D eigenvalue weighted by molar-refractivity contribution is 6.14. The Morgan fingerprint density at radius 3 is 2.17 bits per heavy atom. The Morgan fingerprint density at radius 1 is 1.13 bits per heavy atom. The van der Waals surface area contributed by atoms with Crippen LogP contribution in [0.4, 0.5) is 0 Å². The number of primary amides is 1. The number of piperazine rings is 1. The molecule has 7 N–H and O–H groups in total. The number of carbonyl (C=O) groups excluding carboxylic acids is 4. The number of carboxylic acid groups (broad SMARTS) is 1. The maximum atomic E-state index is 13.5. The van der Waals surface area contributed by atoms with E-state index in [4.69, 9.17) is 22.3 Å². The molecule has 1 saturated carbocycles. The summed E-state index contributed by atoms with van der Waals surface area (Å²) in [6.07, 6.45) is 2.31. The summed E-state index contributed by atoms with van der Waals surface area (Å²) in [5.41, 5.74) is 14.7. The molecule has 3 amide bonds. The maximum Gasteiger partial charge on any atom is 0.323 e. The van der Waals surface area contributed by atoms with Crippen LogP contribution in [0.15, 0.2) is 0 Å². The summed E-state index contributed by atoms with van der Waals surface area (Å²) in [5, 5.41) is 9.16. The van der Waals surface area contributed by atoms with Crippen LogP contribution in [-0.2, 0) is 24.0 Å². The van der Waals surface area contributed by atoms with Crippen LogP contribution in [0, 0.1) is 11.8 Å². The Kier molecular flexibility index (Phi) is 7.54. The molecule has 0 radical (unpaired) electrons. The lowest BCUT2D eigenvalue weighted by Gasteiger charge is -2.51. The molecule has 0 aromatic carbocycles. The zero-order valence-corrected chi connectivity index (χ0v) is 17.2. The highest BCUT2D eigenvalue weighted by Gasteiger charge is 2.60. The van der Waals surface area contributed by atoms with E-state index in [1.807, 2.05) is 0 Å². The van der Waals surface area contributed by atoms with Gasteiger partial charge in [0.15, 0.2) is 5.78 Å².